The van der Waals surface area contributed by atoms with Crippen LogP contribution in [-0.4, -0.2) is 32.7 Å². The molecule has 1 fully saturated rings. The van der Waals surface area contributed by atoms with Crippen LogP contribution < -0.4 is 5.32 Å². The number of furan rings is 1. The van der Waals surface area contributed by atoms with Crippen molar-refractivity contribution in [1.29, 1.82) is 0 Å². The molecular weight excluding hydrogens is 436 g/mol. The summed E-state index contributed by atoms with van der Waals surface area (Å²) in [6.07, 6.45) is 3.40. The van der Waals surface area contributed by atoms with Crippen molar-refractivity contribution in [3.05, 3.63) is 47.1 Å². The molecule has 1 N–H and O–H groups in total. The molecule has 3 heterocycles. The zero-order valence-electron chi connectivity index (χ0n) is 14.2. The SMILES string of the molecule is O=S(=O)(c1ccc(Br)cc1)c1nc(-c2ccco2)oc1NC[C@H]1CCCO1. The van der Waals surface area contributed by atoms with Crippen LogP contribution in [0.3, 0.4) is 0 Å². The number of rotatable bonds is 6. The lowest BCUT2D eigenvalue weighted by Gasteiger charge is -2.10. The molecule has 3 aromatic rings. The van der Waals surface area contributed by atoms with E-state index in [0.29, 0.717) is 18.9 Å². The van der Waals surface area contributed by atoms with Crippen LogP contribution in [0.2, 0.25) is 0 Å². The first-order valence-corrected chi connectivity index (χ1v) is 10.7. The van der Waals surface area contributed by atoms with Crippen molar-refractivity contribution in [2.75, 3.05) is 18.5 Å². The van der Waals surface area contributed by atoms with E-state index in [2.05, 4.69) is 26.2 Å². The molecule has 1 atom stereocenters. The van der Waals surface area contributed by atoms with Gasteiger partial charge < -0.3 is 18.9 Å². The van der Waals surface area contributed by atoms with Crippen LogP contribution in [0.25, 0.3) is 11.7 Å². The number of hydrogen-bond acceptors (Lipinski definition) is 7. The molecule has 1 aromatic carbocycles. The van der Waals surface area contributed by atoms with E-state index in [1.54, 1.807) is 24.3 Å². The van der Waals surface area contributed by atoms with Gasteiger partial charge in [0.2, 0.25) is 20.7 Å². The Balaban J connectivity index is 1.71. The van der Waals surface area contributed by atoms with E-state index in [0.717, 1.165) is 17.3 Å². The highest BCUT2D eigenvalue weighted by Crippen LogP contribution is 2.33. The minimum atomic E-state index is -3.87. The number of sulfone groups is 1. The topological polar surface area (TPSA) is 94.6 Å². The van der Waals surface area contributed by atoms with Gasteiger partial charge in [-0.2, -0.15) is 4.98 Å². The molecular formula is C18H17BrN2O5S. The van der Waals surface area contributed by atoms with Gasteiger partial charge in [-0.15, -0.1) is 0 Å². The molecule has 9 heteroatoms. The van der Waals surface area contributed by atoms with Crippen LogP contribution in [0.4, 0.5) is 5.88 Å². The second-order valence-electron chi connectivity index (χ2n) is 6.10. The normalized spacial score (nSPS) is 17.3. The van der Waals surface area contributed by atoms with Crippen LogP contribution >= 0.6 is 15.9 Å². The average Bonchev–Trinajstić information content (AvgIpc) is 3.40. The van der Waals surface area contributed by atoms with E-state index in [4.69, 9.17) is 13.6 Å². The van der Waals surface area contributed by atoms with Crippen molar-refractivity contribution in [2.24, 2.45) is 0 Å². The minimum absolute atomic E-state index is 0.0189. The first-order valence-electron chi connectivity index (χ1n) is 8.45. The summed E-state index contributed by atoms with van der Waals surface area (Å²) in [5.74, 6) is 0.540. The Hall–Kier alpha value is -2.10. The lowest BCUT2D eigenvalue weighted by atomic mass is 10.2. The average molecular weight is 453 g/mol. The van der Waals surface area contributed by atoms with Gasteiger partial charge in [0.1, 0.15) is 0 Å². The number of anilines is 1. The zero-order valence-corrected chi connectivity index (χ0v) is 16.6. The maximum atomic E-state index is 13.1. The van der Waals surface area contributed by atoms with Gasteiger partial charge >= 0.3 is 0 Å². The summed E-state index contributed by atoms with van der Waals surface area (Å²) in [6.45, 7) is 1.15. The van der Waals surface area contributed by atoms with Crippen molar-refractivity contribution in [3.63, 3.8) is 0 Å². The number of nitrogens with zero attached hydrogens (tertiary/aromatic N) is 1. The van der Waals surface area contributed by atoms with Crippen molar-refractivity contribution in [1.82, 2.24) is 4.98 Å². The third kappa shape index (κ3) is 3.80. The van der Waals surface area contributed by atoms with Gasteiger partial charge in [0, 0.05) is 17.6 Å². The van der Waals surface area contributed by atoms with Crippen molar-refractivity contribution in [3.8, 4) is 11.7 Å². The lowest BCUT2D eigenvalue weighted by Crippen LogP contribution is -2.19. The molecule has 0 bridgehead atoms. The van der Waals surface area contributed by atoms with Crippen molar-refractivity contribution < 1.29 is 22.0 Å². The highest BCUT2D eigenvalue weighted by molar-refractivity contribution is 9.10. The number of aromatic nitrogens is 1. The number of oxazole rings is 1. The second-order valence-corrected chi connectivity index (χ2v) is 8.88. The van der Waals surface area contributed by atoms with E-state index in [-0.39, 0.29) is 27.8 Å². The Labute approximate surface area is 164 Å². The number of halogens is 1. The van der Waals surface area contributed by atoms with E-state index >= 15 is 0 Å². The fraction of sp³-hybridized carbons (Fsp3) is 0.278. The van der Waals surface area contributed by atoms with Crippen LogP contribution in [0.1, 0.15) is 12.8 Å². The van der Waals surface area contributed by atoms with Gasteiger partial charge in [-0.3, -0.25) is 0 Å². The van der Waals surface area contributed by atoms with Gasteiger partial charge in [-0.05, 0) is 49.2 Å². The fourth-order valence-corrected chi connectivity index (χ4v) is 4.39. The van der Waals surface area contributed by atoms with Gasteiger partial charge in [-0.25, -0.2) is 8.42 Å². The largest absolute Gasteiger partial charge is 0.459 e. The predicted octanol–water partition coefficient (Wildman–Crippen LogP) is 4.12. The van der Waals surface area contributed by atoms with Crippen molar-refractivity contribution in [2.45, 2.75) is 28.9 Å². The number of benzene rings is 1. The Morgan fingerprint density at radius 1 is 1.22 bits per heavy atom. The summed E-state index contributed by atoms with van der Waals surface area (Å²) in [5.41, 5.74) is 0. The third-order valence-electron chi connectivity index (χ3n) is 4.22. The van der Waals surface area contributed by atoms with E-state index in [1.807, 2.05) is 0 Å². The fourth-order valence-electron chi connectivity index (χ4n) is 2.84. The first-order chi connectivity index (χ1) is 13.0. The van der Waals surface area contributed by atoms with E-state index in [1.165, 1.54) is 18.4 Å². The zero-order chi connectivity index (χ0) is 18.9. The molecule has 1 aliphatic rings. The van der Waals surface area contributed by atoms with Crippen LogP contribution in [0.15, 0.2) is 65.9 Å². The predicted molar refractivity (Wildman–Crippen MR) is 101 cm³/mol. The summed E-state index contributed by atoms with van der Waals surface area (Å²) >= 11 is 3.31. The summed E-state index contributed by atoms with van der Waals surface area (Å²) in [4.78, 5) is 4.33. The van der Waals surface area contributed by atoms with Gasteiger partial charge in [-0.1, -0.05) is 15.9 Å². The highest BCUT2D eigenvalue weighted by atomic mass is 79.9. The first kappa shape index (κ1) is 18.3. The summed E-state index contributed by atoms with van der Waals surface area (Å²) in [5, 5.41) is 2.87. The molecule has 2 aromatic heterocycles. The number of nitrogens with one attached hydrogen (secondary N) is 1. The molecule has 0 saturated carbocycles. The highest BCUT2D eigenvalue weighted by Gasteiger charge is 2.30. The van der Waals surface area contributed by atoms with Crippen LogP contribution in [-0.2, 0) is 14.6 Å². The maximum absolute atomic E-state index is 13.1. The van der Waals surface area contributed by atoms with Gasteiger partial charge in [0.15, 0.2) is 5.76 Å². The molecule has 7 nitrogen and oxygen atoms in total. The standard InChI is InChI=1S/C18H17BrN2O5S/c19-12-5-7-14(8-6-12)27(22,23)18-17(20-11-13-3-1-9-24-13)26-16(21-18)15-4-2-10-25-15/h2,4-8,10,13,20H,1,3,9,11H2/t13-/m1/s1. The molecule has 0 unspecified atom stereocenters. The van der Waals surface area contributed by atoms with E-state index < -0.39 is 9.84 Å². The molecule has 0 spiro atoms. The maximum Gasteiger partial charge on any atom is 0.266 e. The van der Waals surface area contributed by atoms with Crippen molar-refractivity contribution >= 4 is 31.7 Å². The Morgan fingerprint density at radius 3 is 2.70 bits per heavy atom. The lowest BCUT2D eigenvalue weighted by molar-refractivity contribution is 0.120. The molecule has 1 aliphatic heterocycles. The Morgan fingerprint density at radius 2 is 2.04 bits per heavy atom. The van der Waals surface area contributed by atoms with Crippen LogP contribution in [0.5, 0.6) is 0 Å². The van der Waals surface area contributed by atoms with Gasteiger partial charge in [0.05, 0.1) is 17.3 Å². The Bertz CT molecular complexity index is 1010. The van der Waals surface area contributed by atoms with Gasteiger partial charge in [0.25, 0.3) is 5.89 Å². The number of ether oxygens (including phenoxy) is 1. The summed E-state index contributed by atoms with van der Waals surface area (Å²) in [6, 6.07) is 9.71. The van der Waals surface area contributed by atoms with E-state index in [9.17, 15) is 8.42 Å². The molecule has 27 heavy (non-hydrogen) atoms. The smallest absolute Gasteiger partial charge is 0.266 e. The minimum Gasteiger partial charge on any atom is -0.459 e. The summed E-state index contributed by atoms with van der Waals surface area (Å²) < 4.78 is 43.6. The van der Waals surface area contributed by atoms with Crippen LogP contribution in [0, 0.1) is 0 Å². The molecule has 1 saturated heterocycles. The molecule has 0 aliphatic carbocycles. The molecule has 142 valence electrons. The summed E-state index contributed by atoms with van der Waals surface area (Å²) in [7, 11) is -3.87. The quantitative estimate of drug-likeness (QED) is 0.600. The third-order valence-corrected chi connectivity index (χ3v) is 6.43. The number of hydrogen-bond donors (Lipinski definition) is 1. The monoisotopic (exact) mass is 452 g/mol. The second kappa shape index (κ2) is 7.49. The molecule has 4 rings (SSSR count). The Kier molecular flexibility index (Phi) is 5.07. The molecule has 0 radical (unpaired) electrons. The molecule has 0 amide bonds.